The first-order valence-corrected chi connectivity index (χ1v) is 10.4. The molecule has 0 spiro atoms. The summed E-state index contributed by atoms with van der Waals surface area (Å²) in [6.45, 7) is 5.86. The molecule has 1 amide bonds. The molecule has 0 fully saturated rings. The van der Waals surface area contributed by atoms with Gasteiger partial charge >= 0.3 is 0 Å². The first-order valence-electron chi connectivity index (χ1n) is 10.4. The number of carbonyl (C=O) groups excluding carboxylic acids is 2. The molecule has 4 rings (SSSR count). The van der Waals surface area contributed by atoms with Crippen LogP contribution < -0.4 is 10.6 Å². The number of benzene rings is 2. The van der Waals surface area contributed by atoms with Gasteiger partial charge in [-0.05, 0) is 38.5 Å². The Morgan fingerprint density at radius 2 is 1.78 bits per heavy atom. The monoisotopic (exact) mass is 427 g/mol. The van der Waals surface area contributed by atoms with Crippen LogP contribution >= 0.6 is 0 Å². The minimum Gasteiger partial charge on any atom is -0.351 e. The number of aromatic nitrogens is 3. The van der Waals surface area contributed by atoms with Gasteiger partial charge in [0, 0.05) is 23.0 Å². The van der Waals surface area contributed by atoms with E-state index >= 15 is 0 Å². The molecule has 7 nitrogen and oxygen atoms in total. The van der Waals surface area contributed by atoms with E-state index < -0.39 is 0 Å². The Balaban J connectivity index is 1.62. The van der Waals surface area contributed by atoms with Crippen LogP contribution in [0, 0.1) is 0 Å². The average Bonchev–Trinajstić information content (AvgIpc) is 3.18. The molecular weight excluding hydrogens is 402 g/mol. The minimum atomic E-state index is -0.282. The quantitative estimate of drug-likeness (QED) is 0.396. The van der Waals surface area contributed by atoms with Crippen molar-refractivity contribution in [2.75, 3.05) is 5.32 Å². The van der Waals surface area contributed by atoms with Gasteiger partial charge in [-0.3, -0.25) is 9.59 Å². The molecule has 2 aromatic carbocycles. The van der Waals surface area contributed by atoms with Gasteiger partial charge in [-0.1, -0.05) is 42.5 Å². The number of anilines is 2. The van der Waals surface area contributed by atoms with Gasteiger partial charge in [-0.2, -0.15) is 0 Å². The van der Waals surface area contributed by atoms with Crippen LogP contribution in [0.2, 0.25) is 0 Å². The molecule has 32 heavy (non-hydrogen) atoms. The average molecular weight is 428 g/mol. The number of amides is 1. The van der Waals surface area contributed by atoms with Crippen LogP contribution in [0.5, 0.6) is 0 Å². The standard InChI is InChI=1S/C25H25N5O2/c1-25(2,3)30-20(31)13-16-8-7-11-18(12-16)29-24-21-19(14-26-23(21)27-15-28-24)22(32)17-9-5-4-6-10-17/h4-12,14-15H,13H2,1-3H3,(H,30,31)(H2,26,27,28,29). The molecule has 0 atom stereocenters. The highest BCUT2D eigenvalue weighted by atomic mass is 16.1. The number of hydrogen-bond donors (Lipinski definition) is 3. The fourth-order valence-corrected chi connectivity index (χ4v) is 3.53. The molecule has 4 aromatic rings. The third kappa shape index (κ3) is 4.83. The molecule has 2 heterocycles. The van der Waals surface area contributed by atoms with E-state index in [4.69, 9.17) is 0 Å². The SMILES string of the molecule is CC(C)(C)NC(=O)Cc1cccc(Nc2ncnc3[nH]cc(C(=O)c4ccccc4)c23)c1. The van der Waals surface area contributed by atoms with Crippen molar-refractivity contribution in [3.63, 3.8) is 0 Å². The maximum absolute atomic E-state index is 13.1. The van der Waals surface area contributed by atoms with Gasteiger partial charge in [-0.25, -0.2) is 9.97 Å². The number of nitrogens with zero attached hydrogens (tertiary/aromatic N) is 2. The van der Waals surface area contributed by atoms with E-state index in [1.807, 2.05) is 63.2 Å². The molecule has 0 aliphatic rings. The number of hydrogen-bond acceptors (Lipinski definition) is 5. The molecule has 0 saturated carbocycles. The second-order valence-corrected chi connectivity index (χ2v) is 8.64. The fourth-order valence-electron chi connectivity index (χ4n) is 3.53. The van der Waals surface area contributed by atoms with Crippen LogP contribution in [0.25, 0.3) is 11.0 Å². The topological polar surface area (TPSA) is 99.8 Å². The smallest absolute Gasteiger partial charge is 0.224 e. The van der Waals surface area contributed by atoms with Crippen molar-refractivity contribution in [3.8, 4) is 0 Å². The lowest BCUT2D eigenvalue weighted by atomic mass is 10.0. The van der Waals surface area contributed by atoms with Crippen molar-refractivity contribution in [2.45, 2.75) is 32.7 Å². The summed E-state index contributed by atoms with van der Waals surface area (Å²) in [6, 6.07) is 16.7. The molecule has 0 aliphatic carbocycles. The van der Waals surface area contributed by atoms with Crippen molar-refractivity contribution in [2.24, 2.45) is 0 Å². The second-order valence-electron chi connectivity index (χ2n) is 8.64. The minimum absolute atomic E-state index is 0.0412. The van der Waals surface area contributed by atoms with Crippen LogP contribution in [0.4, 0.5) is 11.5 Å². The molecular formula is C25H25N5O2. The van der Waals surface area contributed by atoms with Crippen molar-refractivity contribution in [1.82, 2.24) is 20.3 Å². The number of fused-ring (bicyclic) bond motifs is 1. The Morgan fingerprint density at radius 1 is 1.00 bits per heavy atom. The van der Waals surface area contributed by atoms with Crippen molar-refractivity contribution < 1.29 is 9.59 Å². The molecule has 3 N–H and O–H groups in total. The van der Waals surface area contributed by atoms with Crippen LogP contribution in [0.15, 0.2) is 67.1 Å². The van der Waals surface area contributed by atoms with Crippen LogP contribution in [0.1, 0.15) is 42.3 Å². The predicted octanol–water partition coefficient (Wildman–Crippen LogP) is 4.39. The van der Waals surface area contributed by atoms with Crippen molar-refractivity contribution >= 4 is 34.2 Å². The zero-order chi connectivity index (χ0) is 22.7. The van der Waals surface area contributed by atoms with Gasteiger partial charge in [0.05, 0.1) is 17.4 Å². The number of aromatic amines is 1. The van der Waals surface area contributed by atoms with E-state index in [0.717, 1.165) is 11.3 Å². The molecule has 0 unspecified atom stereocenters. The number of nitrogens with one attached hydrogen (secondary N) is 3. The third-order valence-electron chi connectivity index (χ3n) is 4.82. The Hall–Kier alpha value is -4.00. The van der Waals surface area contributed by atoms with Gasteiger partial charge in [0.2, 0.25) is 5.91 Å². The highest BCUT2D eigenvalue weighted by molar-refractivity contribution is 6.18. The van der Waals surface area contributed by atoms with E-state index in [1.54, 1.807) is 18.3 Å². The number of ketones is 1. The van der Waals surface area contributed by atoms with E-state index in [2.05, 4.69) is 25.6 Å². The summed E-state index contributed by atoms with van der Waals surface area (Å²) in [5.74, 6) is 0.370. The molecule has 0 bridgehead atoms. The van der Waals surface area contributed by atoms with Crippen molar-refractivity contribution in [3.05, 3.63) is 83.8 Å². The second kappa shape index (κ2) is 8.63. The summed E-state index contributed by atoms with van der Waals surface area (Å²) in [7, 11) is 0. The first kappa shape index (κ1) is 21.2. The summed E-state index contributed by atoms with van der Waals surface area (Å²) in [5.41, 5.74) is 3.02. The van der Waals surface area contributed by atoms with E-state index in [1.165, 1.54) is 6.33 Å². The molecule has 2 aromatic heterocycles. The Labute approximate surface area is 186 Å². The lowest BCUT2D eigenvalue weighted by molar-refractivity contribution is -0.121. The number of H-pyrrole nitrogens is 1. The summed E-state index contributed by atoms with van der Waals surface area (Å²) < 4.78 is 0. The first-order chi connectivity index (χ1) is 15.3. The zero-order valence-corrected chi connectivity index (χ0v) is 18.3. The van der Waals surface area contributed by atoms with Crippen molar-refractivity contribution in [1.29, 1.82) is 0 Å². The Bertz CT molecular complexity index is 1270. The fraction of sp³-hybridized carbons (Fsp3) is 0.200. The molecule has 162 valence electrons. The number of carbonyl (C=O) groups is 2. The Kier molecular flexibility index (Phi) is 5.73. The molecule has 7 heteroatoms. The van der Waals surface area contributed by atoms with E-state index in [-0.39, 0.29) is 23.7 Å². The lowest BCUT2D eigenvalue weighted by Crippen LogP contribution is -2.41. The predicted molar refractivity (Wildman–Crippen MR) is 125 cm³/mol. The molecule has 0 aliphatic heterocycles. The Morgan fingerprint density at radius 3 is 2.53 bits per heavy atom. The maximum Gasteiger partial charge on any atom is 0.224 e. The van der Waals surface area contributed by atoms with Crippen LogP contribution in [0.3, 0.4) is 0 Å². The van der Waals surface area contributed by atoms with Gasteiger partial charge in [-0.15, -0.1) is 0 Å². The summed E-state index contributed by atoms with van der Waals surface area (Å²) in [5, 5.41) is 6.88. The third-order valence-corrected chi connectivity index (χ3v) is 4.82. The summed E-state index contributed by atoms with van der Waals surface area (Å²) in [6.07, 6.45) is 3.37. The van der Waals surface area contributed by atoms with Gasteiger partial charge in [0.1, 0.15) is 17.8 Å². The lowest BCUT2D eigenvalue weighted by Gasteiger charge is -2.20. The summed E-state index contributed by atoms with van der Waals surface area (Å²) in [4.78, 5) is 37.1. The van der Waals surface area contributed by atoms with Crippen LogP contribution in [-0.4, -0.2) is 32.2 Å². The molecule has 0 radical (unpaired) electrons. The highest BCUT2D eigenvalue weighted by Crippen LogP contribution is 2.28. The van der Waals surface area contributed by atoms with E-state index in [0.29, 0.717) is 28.0 Å². The highest BCUT2D eigenvalue weighted by Gasteiger charge is 2.19. The summed E-state index contributed by atoms with van der Waals surface area (Å²) >= 11 is 0. The van der Waals surface area contributed by atoms with Crippen LogP contribution in [-0.2, 0) is 11.2 Å². The zero-order valence-electron chi connectivity index (χ0n) is 18.3. The van der Waals surface area contributed by atoms with Gasteiger partial charge < -0.3 is 15.6 Å². The maximum atomic E-state index is 13.1. The normalized spacial score (nSPS) is 11.3. The number of rotatable bonds is 6. The molecule has 0 saturated heterocycles. The van der Waals surface area contributed by atoms with Gasteiger partial charge in [0.15, 0.2) is 5.78 Å². The largest absolute Gasteiger partial charge is 0.351 e. The van der Waals surface area contributed by atoms with Gasteiger partial charge in [0.25, 0.3) is 0 Å². The van der Waals surface area contributed by atoms with E-state index in [9.17, 15) is 9.59 Å².